The summed E-state index contributed by atoms with van der Waals surface area (Å²) in [7, 11) is 0. The monoisotopic (exact) mass is 432 g/mol. The maximum Gasteiger partial charge on any atom is 0.300 e. The van der Waals surface area contributed by atoms with E-state index in [9.17, 15) is 14.7 Å². The Labute approximate surface area is 185 Å². The van der Waals surface area contributed by atoms with Gasteiger partial charge in [-0.05, 0) is 48.2 Å². The number of pyridine rings is 1. The lowest BCUT2D eigenvalue weighted by Gasteiger charge is -2.26. The van der Waals surface area contributed by atoms with Gasteiger partial charge in [0.2, 0.25) is 0 Å². The first-order chi connectivity index (χ1) is 14.9. The molecule has 0 saturated carbocycles. The Kier molecular flexibility index (Phi) is 5.61. The van der Waals surface area contributed by atoms with Gasteiger partial charge in [-0.25, -0.2) is 0 Å². The second-order valence-electron chi connectivity index (χ2n) is 7.39. The highest BCUT2D eigenvalue weighted by Crippen LogP contribution is 2.43. The molecular formula is C25H21ClN2O3. The van der Waals surface area contributed by atoms with Crippen LogP contribution in [0.5, 0.6) is 0 Å². The molecule has 1 unspecified atom stereocenters. The topological polar surface area (TPSA) is 70.5 Å². The van der Waals surface area contributed by atoms with E-state index in [4.69, 9.17) is 11.6 Å². The van der Waals surface area contributed by atoms with E-state index >= 15 is 0 Å². The Bertz CT molecular complexity index is 1190. The number of hydrogen-bond donors (Lipinski definition) is 1. The molecule has 6 heteroatoms. The number of anilines is 1. The first-order valence-electron chi connectivity index (χ1n) is 9.99. The molecule has 1 aromatic heterocycles. The van der Waals surface area contributed by atoms with E-state index in [1.165, 1.54) is 4.90 Å². The number of halogens is 1. The zero-order valence-electron chi connectivity index (χ0n) is 17.2. The number of aliphatic hydroxyl groups is 1. The van der Waals surface area contributed by atoms with E-state index in [2.05, 4.69) is 4.98 Å². The van der Waals surface area contributed by atoms with E-state index in [-0.39, 0.29) is 11.3 Å². The number of carbonyl (C=O) groups is 2. The number of aryl methyl sites for hydroxylation is 1. The van der Waals surface area contributed by atoms with E-state index in [1.807, 2.05) is 19.1 Å². The third kappa shape index (κ3) is 3.62. The highest BCUT2D eigenvalue weighted by molar-refractivity contribution is 6.52. The number of aliphatic hydroxyl groups excluding tert-OH is 1. The Morgan fingerprint density at radius 2 is 1.84 bits per heavy atom. The molecule has 1 amide bonds. The van der Waals surface area contributed by atoms with E-state index in [0.717, 1.165) is 12.0 Å². The first-order valence-corrected chi connectivity index (χ1v) is 10.4. The SMILES string of the molecule is CCc1ccc(/C(O)=C2\C(=O)C(=O)N(c3cccc(Cl)c3C)C2c2cccnc2)cc1. The molecule has 5 nitrogen and oxygen atoms in total. The smallest absolute Gasteiger partial charge is 0.300 e. The third-order valence-electron chi connectivity index (χ3n) is 5.58. The van der Waals surface area contributed by atoms with Crippen LogP contribution in [-0.2, 0) is 16.0 Å². The molecule has 1 aliphatic rings. The highest BCUT2D eigenvalue weighted by atomic mass is 35.5. The van der Waals surface area contributed by atoms with E-state index in [1.54, 1.807) is 61.8 Å². The van der Waals surface area contributed by atoms with Gasteiger partial charge in [0.25, 0.3) is 11.7 Å². The molecule has 0 aliphatic carbocycles. The zero-order valence-corrected chi connectivity index (χ0v) is 17.9. The molecule has 0 radical (unpaired) electrons. The van der Waals surface area contributed by atoms with Crippen LogP contribution in [0.15, 0.2) is 72.6 Å². The summed E-state index contributed by atoms with van der Waals surface area (Å²) in [4.78, 5) is 31.9. The Morgan fingerprint density at radius 3 is 2.48 bits per heavy atom. The zero-order chi connectivity index (χ0) is 22.1. The molecule has 2 heterocycles. The summed E-state index contributed by atoms with van der Waals surface area (Å²) in [6, 6.07) is 15.2. The van der Waals surface area contributed by atoms with Gasteiger partial charge < -0.3 is 5.11 Å². The van der Waals surface area contributed by atoms with Crippen LogP contribution in [0.3, 0.4) is 0 Å². The molecule has 1 saturated heterocycles. The summed E-state index contributed by atoms with van der Waals surface area (Å²) in [5.74, 6) is -1.67. The quantitative estimate of drug-likeness (QED) is 0.348. The minimum absolute atomic E-state index is 0.0293. The predicted molar refractivity (Wildman–Crippen MR) is 121 cm³/mol. The second-order valence-corrected chi connectivity index (χ2v) is 7.80. The molecule has 1 N–H and O–H groups in total. The number of nitrogens with zero attached hydrogens (tertiary/aromatic N) is 2. The van der Waals surface area contributed by atoms with Crippen molar-refractivity contribution in [3.05, 3.63) is 99.8 Å². The van der Waals surface area contributed by atoms with Crippen molar-refractivity contribution in [2.45, 2.75) is 26.3 Å². The highest BCUT2D eigenvalue weighted by Gasteiger charge is 2.47. The number of amides is 1. The molecule has 3 aromatic rings. The summed E-state index contributed by atoms with van der Waals surface area (Å²) in [6.45, 7) is 3.83. The van der Waals surface area contributed by atoms with Crippen molar-refractivity contribution in [1.82, 2.24) is 4.98 Å². The molecule has 0 spiro atoms. The molecule has 2 aromatic carbocycles. The van der Waals surface area contributed by atoms with Crippen molar-refractivity contribution in [1.29, 1.82) is 0 Å². The maximum absolute atomic E-state index is 13.2. The lowest BCUT2D eigenvalue weighted by atomic mass is 9.95. The van der Waals surface area contributed by atoms with Crippen molar-refractivity contribution in [2.75, 3.05) is 4.90 Å². The van der Waals surface area contributed by atoms with Gasteiger partial charge in [0.15, 0.2) is 0 Å². The lowest BCUT2D eigenvalue weighted by molar-refractivity contribution is -0.132. The predicted octanol–water partition coefficient (Wildman–Crippen LogP) is 5.23. The standard InChI is InChI=1S/C25H21ClN2O3/c1-3-16-9-11-17(12-10-16)23(29)21-22(18-6-5-13-27-14-18)28(25(31)24(21)30)20-8-4-7-19(26)15(20)2/h4-14,22,29H,3H2,1-2H3/b23-21+. The summed E-state index contributed by atoms with van der Waals surface area (Å²) >= 11 is 6.30. The average Bonchev–Trinajstić information content (AvgIpc) is 3.06. The van der Waals surface area contributed by atoms with Gasteiger partial charge in [0.1, 0.15) is 5.76 Å². The van der Waals surface area contributed by atoms with Gasteiger partial charge in [0, 0.05) is 28.7 Å². The molecule has 1 fully saturated rings. The Morgan fingerprint density at radius 1 is 1.10 bits per heavy atom. The number of carbonyl (C=O) groups excluding carboxylic acids is 2. The summed E-state index contributed by atoms with van der Waals surface area (Å²) < 4.78 is 0. The number of hydrogen-bond acceptors (Lipinski definition) is 4. The maximum atomic E-state index is 13.2. The second kappa shape index (κ2) is 8.36. The van der Waals surface area contributed by atoms with Gasteiger partial charge in [-0.1, -0.05) is 54.9 Å². The summed E-state index contributed by atoms with van der Waals surface area (Å²) in [6.07, 6.45) is 4.07. The van der Waals surface area contributed by atoms with Crippen LogP contribution in [-0.4, -0.2) is 21.8 Å². The fourth-order valence-electron chi connectivity index (χ4n) is 3.84. The van der Waals surface area contributed by atoms with Crippen molar-refractivity contribution in [3.8, 4) is 0 Å². The van der Waals surface area contributed by atoms with Crippen LogP contribution in [0.1, 0.15) is 35.2 Å². The van der Waals surface area contributed by atoms with Crippen molar-refractivity contribution in [3.63, 3.8) is 0 Å². The van der Waals surface area contributed by atoms with Gasteiger partial charge in [-0.2, -0.15) is 0 Å². The van der Waals surface area contributed by atoms with Gasteiger partial charge in [0.05, 0.1) is 11.6 Å². The van der Waals surface area contributed by atoms with Gasteiger partial charge in [-0.3, -0.25) is 19.5 Å². The number of Topliss-reactive ketones (excluding diaryl/α,β-unsaturated/α-hetero) is 1. The van der Waals surface area contributed by atoms with Crippen LogP contribution in [0.4, 0.5) is 5.69 Å². The van der Waals surface area contributed by atoms with Crippen molar-refractivity contribution >= 4 is 34.7 Å². The van der Waals surface area contributed by atoms with Crippen LogP contribution in [0.2, 0.25) is 5.02 Å². The molecule has 0 bridgehead atoms. The minimum Gasteiger partial charge on any atom is -0.507 e. The number of benzene rings is 2. The molecule has 156 valence electrons. The van der Waals surface area contributed by atoms with E-state index in [0.29, 0.717) is 27.4 Å². The van der Waals surface area contributed by atoms with Crippen LogP contribution in [0.25, 0.3) is 5.76 Å². The fourth-order valence-corrected chi connectivity index (χ4v) is 4.01. The number of ketones is 1. The largest absolute Gasteiger partial charge is 0.507 e. The van der Waals surface area contributed by atoms with Crippen LogP contribution < -0.4 is 4.90 Å². The Hall–Kier alpha value is -3.44. The lowest BCUT2D eigenvalue weighted by Crippen LogP contribution is -2.30. The van der Waals surface area contributed by atoms with Gasteiger partial charge in [-0.15, -0.1) is 0 Å². The first kappa shape index (κ1) is 20.8. The number of rotatable bonds is 4. The fraction of sp³-hybridized carbons (Fsp3) is 0.160. The molecular weight excluding hydrogens is 412 g/mol. The summed E-state index contributed by atoms with van der Waals surface area (Å²) in [5.41, 5.74) is 3.42. The van der Waals surface area contributed by atoms with Gasteiger partial charge >= 0.3 is 0 Å². The normalized spacial score (nSPS) is 17.9. The van der Waals surface area contributed by atoms with Crippen LogP contribution >= 0.6 is 11.6 Å². The molecule has 1 aliphatic heterocycles. The number of aromatic nitrogens is 1. The van der Waals surface area contributed by atoms with Crippen LogP contribution in [0, 0.1) is 6.92 Å². The molecule has 4 rings (SSSR count). The van der Waals surface area contributed by atoms with Crippen molar-refractivity contribution < 1.29 is 14.7 Å². The third-order valence-corrected chi connectivity index (χ3v) is 5.99. The Balaban J connectivity index is 1.95. The molecule has 1 atom stereocenters. The van der Waals surface area contributed by atoms with E-state index < -0.39 is 17.7 Å². The summed E-state index contributed by atoms with van der Waals surface area (Å²) in [5, 5.41) is 11.6. The molecule has 31 heavy (non-hydrogen) atoms. The minimum atomic E-state index is -0.822. The van der Waals surface area contributed by atoms with Crippen molar-refractivity contribution in [2.24, 2.45) is 0 Å². The average molecular weight is 433 g/mol.